The van der Waals surface area contributed by atoms with Crippen LogP contribution in [0, 0.1) is 10.5 Å². The summed E-state index contributed by atoms with van der Waals surface area (Å²) in [5, 5.41) is 7.72. The van der Waals surface area contributed by atoms with Crippen molar-refractivity contribution < 1.29 is 0 Å². The highest BCUT2D eigenvalue weighted by atomic mass is 127. The van der Waals surface area contributed by atoms with E-state index >= 15 is 0 Å². The third-order valence-corrected chi connectivity index (χ3v) is 15.0. The van der Waals surface area contributed by atoms with Gasteiger partial charge in [0.2, 0.25) is 0 Å². The lowest BCUT2D eigenvalue weighted by molar-refractivity contribution is 1.06. The van der Waals surface area contributed by atoms with Crippen LogP contribution in [0.25, 0.3) is 99.2 Å². The number of nitrogens with zero attached hydrogens (tertiary/aromatic N) is 3. The van der Waals surface area contributed by atoms with E-state index in [1.54, 1.807) is 0 Å². The molecule has 0 amide bonds. The van der Waals surface area contributed by atoms with Crippen molar-refractivity contribution in [1.29, 1.82) is 0 Å². The zero-order valence-electron chi connectivity index (χ0n) is 40.6. The van der Waals surface area contributed by atoms with Gasteiger partial charge in [0.05, 0.1) is 33.1 Å². The minimum absolute atomic E-state index is 1.02. The summed E-state index contributed by atoms with van der Waals surface area (Å²) >= 11 is 2.32. The third-order valence-electron chi connectivity index (χ3n) is 13.7. The van der Waals surface area contributed by atoms with Crippen molar-refractivity contribution in [1.82, 2.24) is 13.7 Å². The second-order valence-corrected chi connectivity index (χ2v) is 19.4. The Morgan fingerprint density at radius 1 is 0.389 bits per heavy atom. The number of hydrogen-bond acceptors (Lipinski definition) is 0. The second kappa shape index (κ2) is 20.6. The van der Waals surface area contributed by atoms with Crippen molar-refractivity contribution in [3.63, 3.8) is 0 Å². The number of para-hydroxylation sites is 6. The molecule has 3 heterocycles. The van der Waals surface area contributed by atoms with E-state index in [0.29, 0.717) is 0 Å². The maximum absolute atomic E-state index is 3.80. The summed E-state index contributed by atoms with van der Waals surface area (Å²) in [6, 6.07) is 86.9. The lowest BCUT2D eigenvalue weighted by atomic mass is 10.0. The molecule has 3 nitrogen and oxygen atoms in total. The molecule has 0 saturated heterocycles. The second-order valence-electron chi connectivity index (χ2n) is 18.3. The van der Waals surface area contributed by atoms with Crippen molar-refractivity contribution in [2.24, 2.45) is 0 Å². The Balaban J connectivity index is 0.000000142. The molecule has 0 N–H and O–H groups in total. The first-order chi connectivity index (χ1) is 35.5. The van der Waals surface area contributed by atoms with E-state index in [4.69, 9.17) is 0 Å². The van der Waals surface area contributed by atoms with E-state index in [2.05, 4.69) is 305 Å². The van der Waals surface area contributed by atoms with Crippen LogP contribution in [0.2, 0.25) is 0 Å². The van der Waals surface area contributed by atoms with Crippen LogP contribution in [0.4, 0.5) is 0 Å². The Bertz CT molecular complexity index is 3830. The molecule has 0 aliphatic heterocycles. The van der Waals surface area contributed by atoms with Gasteiger partial charge >= 0.3 is 0 Å². The topological polar surface area (TPSA) is 14.8 Å². The summed E-state index contributed by atoms with van der Waals surface area (Å²) in [4.78, 5) is 0. The number of halogens is 1. The molecule has 0 saturated carbocycles. The SMILES string of the molecule is C=CCC/C=C(\C)c1ccc2c(c1)c1ccccc1n2-c1ccccc1.Cc1ccccc1I.c1cc(-c2cccc(-n3c4ccccc4c4ccccc43)c2)cc(-n2c3ccccc3c3ccccc32)c1. The fourth-order valence-corrected chi connectivity index (χ4v) is 10.6. The van der Waals surface area contributed by atoms with Gasteiger partial charge in [-0.3, -0.25) is 0 Å². The summed E-state index contributed by atoms with van der Waals surface area (Å²) in [5.74, 6) is 0. The van der Waals surface area contributed by atoms with Crippen LogP contribution in [-0.2, 0) is 0 Å². The number of rotatable bonds is 8. The van der Waals surface area contributed by atoms with Gasteiger partial charge in [0.25, 0.3) is 0 Å². The highest BCUT2D eigenvalue weighted by Crippen LogP contribution is 2.37. The zero-order valence-corrected chi connectivity index (χ0v) is 42.7. The van der Waals surface area contributed by atoms with Gasteiger partial charge < -0.3 is 13.7 Å². The standard InChI is InChI=1S/C36H24N2.C25H23N.C7H7I/c1-5-19-33-29(15-1)30-16-2-6-20-34(30)37(33)27-13-9-11-25(23-27)26-12-10-14-28(24-26)38-35-21-7-3-17-31(35)32-18-4-8-22-36(32)38;1-3-4-6-11-19(2)20-16-17-25-23(18-20)22-14-9-10-15-24(22)26(25)21-12-7-5-8-13-21;1-6-4-2-3-5-7(6)8/h1-24H;3,5,7-18H,1,4,6H2,2H3;2-5H,1H3/b;19-11+;. The van der Waals surface area contributed by atoms with E-state index in [1.165, 1.54) is 114 Å². The largest absolute Gasteiger partial charge is 0.309 e. The lowest BCUT2D eigenvalue weighted by Crippen LogP contribution is -1.95. The molecule has 72 heavy (non-hydrogen) atoms. The molecule has 0 bridgehead atoms. The number of fused-ring (bicyclic) bond motifs is 9. The van der Waals surface area contributed by atoms with E-state index in [0.717, 1.165) is 12.8 Å². The summed E-state index contributed by atoms with van der Waals surface area (Å²) < 4.78 is 8.45. The predicted octanol–water partition coefficient (Wildman–Crippen LogP) is 19.3. The molecule has 0 aliphatic rings. The van der Waals surface area contributed by atoms with Crippen LogP contribution in [-0.4, -0.2) is 13.7 Å². The highest BCUT2D eigenvalue weighted by Gasteiger charge is 2.16. The van der Waals surface area contributed by atoms with E-state index in [9.17, 15) is 0 Å². The van der Waals surface area contributed by atoms with Crippen LogP contribution in [0.5, 0.6) is 0 Å². The number of aryl methyl sites for hydroxylation is 1. The zero-order chi connectivity index (χ0) is 49.0. The average molecular weight is 1040 g/mol. The van der Waals surface area contributed by atoms with Crippen molar-refractivity contribution >= 4 is 93.6 Å². The van der Waals surface area contributed by atoms with Crippen molar-refractivity contribution in [3.05, 3.63) is 276 Å². The molecule has 0 aliphatic carbocycles. The van der Waals surface area contributed by atoms with Gasteiger partial charge in [-0.25, -0.2) is 0 Å². The number of hydrogen-bond donors (Lipinski definition) is 0. The first-order valence-electron chi connectivity index (χ1n) is 24.7. The van der Waals surface area contributed by atoms with Crippen molar-refractivity contribution in [2.75, 3.05) is 0 Å². The smallest absolute Gasteiger partial charge is 0.0541 e. The fraction of sp³-hybridized carbons (Fsp3) is 0.0588. The minimum Gasteiger partial charge on any atom is -0.309 e. The van der Waals surface area contributed by atoms with Crippen LogP contribution >= 0.6 is 22.6 Å². The molecule has 0 fully saturated rings. The molecule has 10 aromatic carbocycles. The Hall–Kier alpha value is -8.19. The van der Waals surface area contributed by atoms with Gasteiger partial charge in [-0.1, -0.05) is 170 Å². The van der Waals surface area contributed by atoms with Crippen LogP contribution in [0.3, 0.4) is 0 Å². The van der Waals surface area contributed by atoms with Gasteiger partial charge in [0.15, 0.2) is 0 Å². The van der Waals surface area contributed by atoms with Gasteiger partial charge in [-0.05, 0) is 162 Å². The lowest BCUT2D eigenvalue weighted by Gasteiger charge is -2.12. The van der Waals surface area contributed by atoms with Crippen molar-refractivity contribution in [3.8, 4) is 28.2 Å². The predicted molar refractivity (Wildman–Crippen MR) is 318 cm³/mol. The van der Waals surface area contributed by atoms with Gasteiger partial charge in [-0.2, -0.15) is 0 Å². The average Bonchev–Trinajstić information content (AvgIpc) is 4.08. The molecular formula is C68H54IN3. The molecule has 0 radical (unpaired) electrons. The minimum atomic E-state index is 1.02. The molecule has 348 valence electrons. The number of benzene rings is 10. The number of aromatic nitrogens is 3. The van der Waals surface area contributed by atoms with E-state index in [1.807, 2.05) is 6.08 Å². The Morgan fingerprint density at radius 3 is 1.22 bits per heavy atom. The monoisotopic (exact) mass is 1040 g/mol. The summed E-state index contributed by atoms with van der Waals surface area (Å²) in [7, 11) is 0. The molecule has 0 atom stereocenters. The number of unbranched alkanes of at least 4 members (excludes halogenated alkanes) is 1. The summed E-state index contributed by atoms with van der Waals surface area (Å²) in [6.07, 6.45) is 6.34. The van der Waals surface area contributed by atoms with Gasteiger partial charge in [0.1, 0.15) is 0 Å². The Kier molecular flexibility index (Phi) is 13.2. The molecular weight excluding hydrogens is 986 g/mol. The Labute approximate surface area is 435 Å². The quantitative estimate of drug-likeness (QED) is 0.0818. The van der Waals surface area contributed by atoms with Crippen molar-refractivity contribution in [2.45, 2.75) is 26.7 Å². The van der Waals surface area contributed by atoms with Crippen LogP contribution < -0.4 is 0 Å². The summed E-state index contributed by atoms with van der Waals surface area (Å²) in [5.41, 5.74) is 17.3. The molecule has 13 aromatic rings. The van der Waals surface area contributed by atoms with Gasteiger partial charge in [0, 0.05) is 52.9 Å². The maximum atomic E-state index is 3.80. The van der Waals surface area contributed by atoms with Crippen LogP contribution in [0.1, 0.15) is 30.9 Å². The molecule has 4 heteroatoms. The van der Waals surface area contributed by atoms with Gasteiger partial charge in [-0.15, -0.1) is 6.58 Å². The molecule has 0 unspecified atom stereocenters. The fourth-order valence-electron chi connectivity index (χ4n) is 10.2. The first-order valence-corrected chi connectivity index (χ1v) is 25.8. The van der Waals surface area contributed by atoms with E-state index in [-0.39, 0.29) is 0 Å². The highest BCUT2D eigenvalue weighted by molar-refractivity contribution is 14.1. The summed E-state index contributed by atoms with van der Waals surface area (Å²) in [6.45, 7) is 8.11. The first kappa shape index (κ1) is 46.2. The number of allylic oxidation sites excluding steroid dienone is 3. The van der Waals surface area contributed by atoms with Crippen LogP contribution in [0.15, 0.2) is 261 Å². The third kappa shape index (κ3) is 8.95. The Morgan fingerprint density at radius 2 is 0.778 bits per heavy atom. The molecule has 0 spiro atoms. The maximum Gasteiger partial charge on any atom is 0.0541 e. The van der Waals surface area contributed by atoms with E-state index < -0.39 is 0 Å². The molecule has 13 rings (SSSR count). The normalized spacial score (nSPS) is 11.5. The molecule has 3 aromatic heterocycles.